The summed E-state index contributed by atoms with van der Waals surface area (Å²) in [5.74, 6) is 1.44. The number of tetrazole rings is 1. The lowest BCUT2D eigenvalue weighted by atomic mass is 9.72. The van der Waals surface area contributed by atoms with E-state index in [-0.39, 0.29) is 18.5 Å². The Hall–Kier alpha value is -2.19. The molecule has 1 aliphatic carbocycles. The van der Waals surface area contributed by atoms with Gasteiger partial charge in [-0.15, -0.1) is 22.6 Å². The number of benzene rings is 1. The number of carbonyl (C=O) groups is 1. The Balaban J connectivity index is 0.00000210. The van der Waals surface area contributed by atoms with Crippen molar-refractivity contribution in [1.82, 2.24) is 25.9 Å². The first-order chi connectivity index (χ1) is 12.6. The highest BCUT2D eigenvalue weighted by molar-refractivity contribution is 5.85. The van der Waals surface area contributed by atoms with Crippen molar-refractivity contribution in [2.24, 2.45) is 11.8 Å². The van der Waals surface area contributed by atoms with Crippen molar-refractivity contribution in [3.05, 3.63) is 23.8 Å². The molecule has 1 saturated carbocycles. The van der Waals surface area contributed by atoms with E-state index < -0.39 is 12.0 Å². The second kappa shape index (κ2) is 8.22. The summed E-state index contributed by atoms with van der Waals surface area (Å²) in [6.07, 6.45) is 3.66. The molecule has 0 bridgehead atoms. The molecule has 4 rings (SSSR count). The van der Waals surface area contributed by atoms with Gasteiger partial charge < -0.3 is 15.2 Å². The molecule has 2 heterocycles. The van der Waals surface area contributed by atoms with E-state index in [0.717, 1.165) is 42.7 Å². The Morgan fingerprint density at radius 3 is 2.85 bits per heavy atom. The number of hydrogen-bond acceptors (Lipinski definition) is 6. The van der Waals surface area contributed by atoms with E-state index in [2.05, 4.69) is 25.9 Å². The monoisotopic (exact) mass is 393 g/mol. The van der Waals surface area contributed by atoms with Crippen LogP contribution in [0.3, 0.4) is 0 Å². The van der Waals surface area contributed by atoms with Crippen LogP contribution in [0.1, 0.15) is 31.2 Å². The summed E-state index contributed by atoms with van der Waals surface area (Å²) >= 11 is 0. The molecule has 1 saturated heterocycles. The molecule has 9 heteroatoms. The van der Waals surface area contributed by atoms with Gasteiger partial charge in [0.2, 0.25) is 5.82 Å². The molecule has 0 radical (unpaired) electrons. The highest BCUT2D eigenvalue weighted by atomic mass is 35.5. The zero-order valence-corrected chi connectivity index (χ0v) is 15.9. The Bertz CT molecular complexity index is 785. The number of aromatic nitrogens is 4. The van der Waals surface area contributed by atoms with Crippen molar-refractivity contribution in [1.29, 1.82) is 0 Å². The topological polar surface area (TPSA) is 113 Å². The number of fused-ring (bicyclic) bond motifs is 1. The number of hydrogen-bond donors (Lipinski definition) is 3. The highest BCUT2D eigenvalue weighted by Crippen LogP contribution is 2.38. The Morgan fingerprint density at radius 2 is 2.11 bits per heavy atom. The van der Waals surface area contributed by atoms with Crippen LogP contribution in [-0.2, 0) is 4.79 Å². The lowest BCUT2D eigenvalue weighted by molar-refractivity contribution is -0.141. The molecule has 27 heavy (non-hydrogen) atoms. The number of halogens is 1. The number of carboxylic acids is 1. The van der Waals surface area contributed by atoms with E-state index in [0.29, 0.717) is 24.1 Å². The third kappa shape index (κ3) is 4.22. The van der Waals surface area contributed by atoms with Gasteiger partial charge in [-0.05, 0) is 73.9 Å². The van der Waals surface area contributed by atoms with Crippen LogP contribution < -0.4 is 10.1 Å². The summed E-state index contributed by atoms with van der Waals surface area (Å²) in [5, 5.41) is 26.7. The minimum absolute atomic E-state index is 0. The Labute approximate surface area is 163 Å². The van der Waals surface area contributed by atoms with E-state index in [1.165, 1.54) is 0 Å². The fourth-order valence-corrected chi connectivity index (χ4v) is 4.18. The summed E-state index contributed by atoms with van der Waals surface area (Å²) in [5.41, 5.74) is 1.92. The van der Waals surface area contributed by atoms with Gasteiger partial charge in [0, 0.05) is 0 Å². The van der Waals surface area contributed by atoms with Crippen LogP contribution in [0, 0.1) is 18.8 Å². The van der Waals surface area contributed by atoms with Gasteiger partial charge in [-0.1, -0.05) is 6.07 Å². The number of rotatable bonds is 4. The molecule has 2 aromatic rings. The van der Waals surface area contributed by atoms with Crippen LogP contribution in [0.2, 0.25) is 0 Å². The molecule has 2 fully saturated rings. The maximum Gasteiger partial charge on any atom is 0.320 e. The summed E-state index contributed by atoms with van der Waals surface area (Å²) in [6.45, 7) is 2.81. The number of aliphatic carboxylic acids is 1. The van der Waals surface area contributed by atoms with Crippen LogP contribution in [0.25, 0.3) is 11.4 Å². The summed E-state index contributed by atoms with van der Waals surface area (Å²) in [6, 6.07) is 5.51. The first-order valence-corrected chi connectivity index (χ1v) is 9.07. The van der Waals surface area contributed by atoms with Gasteiger partial charge in [-0.25, -0.2) is 0 Å². The fourth-order valence-electron chi connectivity index (χ4n) is 4.18. The number of H-pyrrole nitrogens is 1. The normalized spacial score (nSPS) is 27.3. The largest absolute Gasteiger partial charge is 0.490 e. The minimum Gasteiger partial charge on any atom is -0.490 e. The van der Waals surface area contributed by atoms with Gasteiger partial charge in [0.15, 0.2) is 0 Å². The molecular weight excluding hydrogens is 370 g/mol. The first kappa shape index (κ1) is 19.6. The van der Waals surface area contributed by atoms with Gasteiger partial charge >= 0.3 is 5.97 Å². The van der Waals surface area contributed by atoms with Crippen molar-refractivity contribution in [2.75, 3.05) is 6.54 Å². The Morgan fingerprint density at radius 1 is 1.26 bits per heavy atom. The smallest absolute Gasteiger partial charge is 0.320 e. The molecule has 1 aromatic heterocycles. The molecule has 1 aromatic carbocycles. The van der Waals surface area contributed by atoms with Crippen molar-refractivity contribution in [3.63, 3.8) is 0 Å². The lowest BCUT2D eigenvalue weighted by Gasteiger charge is -2.41. The molecule has 0 spiro atoms. The van der Waals surface area contributed by atoms with Gasteiger partial charge in [-0.3, -0.25) is 4.79 Å². The second-order valence-corrected chi connectivity index (χ2v) is 7.34. The lowest BCUT2D eigenvalue weighted by Crippen LogP contribution is -2.50. The maximum atomic E-state index is 11.3. The predicted octanol–water partition coefficient (Wildman–Crippen LogP) is 2.21. The number of aryl methyl sites for hydroxylation is 1. The minimum atomic E-state index is -0.760. The molecule has 0 unspecified atom stereocenters. The molecule has 0 amide bonds. The van der Waals surface area contributed by atoms with Crippen LogP contribution in [-0.4, -0.2) is 50.4 Å². The first-order valence-electron chi connectivity index (χ1n) is 9.07. The van der Waals surface area contributed by atoms with Gasteiger partial charge in [0.1, 0.15) is 11.8 Å². The summed E-state index contributed by atoms with van der Waals surface area (Å²) in [7, 11) is 0. The average Bonchev–Trinajstić information content (AvgIpc) is 3.15. The third-order valence-electron chi connectivity index (χ3n) is 5.57. The van der Waals surface area contributed by atoms with Crippen LogP contribution >= 0.6 is 12.4 Å². The molecule has 2 aliphatic rings. The number of aromatic amines is 1. The van der Waals surface area contributed by atoms with Crippen molar-refractivity contribution in [2.45, 2.75) is 44.8 Å². The maximum absolute atomic E-state index is 11.3. The zero-order chi connectivity index (χ0) is 18.1. The van der Waals surface area contributed by atoms with E-state index in [9.17, 15) is 9.90 Å². The van der Waals surface area contributed by atoms with E-state index in [1.54, 1.807) is 0 Å². The van der Waals surface area contributed by atoms with E-state index in [4.69, 9.17) is 4.74 Å². The van der Waals surface area contributed by atoms with Crippen LogP contribution in [0.15, 0.2) is 18.2 Å². The average molecular weight is 394 g/mol. The van der Waals surface area contributed by atoms with E-state index >= 15 is 0 Å². The quantitative estimate of drug-likeness (QED) is 0.729. The third-order valence-corrected chi connectivity index (χ3v) is 5.57. The van der Waals surface area contributed by atoms with Crippen LogP contribution in [0.5, 0.6) is 5.75 Å². The molecule has 4 atom stereocenters. The van der Waals surface area contributed by atoms with Crippen molar-refractivity contribution >= 4 is 18.4 Å². The van der Waals surface area contributed by atoms with Gasteiger partial charge in [-0.2, -0.15) is 5.21 Å². The number of ether oxygens (including phenoxy) is 1. The highest BCUT2D eigenvalue weighted by Gasteiger charge is 2.38. The van der Waals surface area contributed by atoms with Gasteiger partial charge in [0.05, 0.1) is 11.7 Å². The van der Waals surface area contributed by atoms with E-state index in [1.807, 2.05) is 25.1 Å². The molecule has 1 aliphatic heterocycles. The second-order valence-electron chi connectivity index (χ2n) is 7.34. The molecular formula is C18H24ClN5O3. The Kier molecular flexibility index (Phi) is 5.96. The van der Waals surface area contributed by atoms with Crippen molar-refractivity contribution < 1.29 is 14.6 Å². The number of nitrogens with one attached hydrogen (secondary N) is 2. The SMILES string of the molecule is Cc1ccc(-c2nn[nH]n2)c(O[C@H]2CC[C@H]3CN[C@H](C(=O)O)C[C@H]3C2)c1.Cl. The molecule has 146 valence electrons. The summed E-state index contributed by atoms with van der Waals surface area (Å²) < 4.78 is 6.35. The fraction of sp³-hybridized carbons (Fsp3) is 0.556. The number of piperidine rings is 1. The summed E-state index contributed by atoms with van der Waals surface area (Å²) in [4.78, 5) is 11.3. The zero-order valence-electron chi connectivity index (χ0n) is 15.1. The molecule has 8 nitrogen and oxygen atoms in total. The number of carboxylic acid groups (broad SMARTS) is 1. The van der Waals surface area contributed by atoms with Crippen LogP contribution in [0.4, 0.5) is 0 Å². The predicted molar refractivity (Wildman–Crippen MR) is 101 cm³/mol. The molecule has 3 N–H and O–H groups in total. The van der Waals surface area contributed by atoms with Crippen molar-refractivity contribution in [3.8, 4) is 17.1 Å². The number of nitrogens with zero attached hydrogens (tertiary/aromatic N) is 3. The standard InChI is InChI=1S/C18H23N5O3.ClH/c1-10-2-5-14(17-20-22-23-21-17)16(6-10)26-13-4-3-11-9-19-15(18(24)25)8-12(11)7-13;/h2,5-6,11-13,15,19H,3-4,7-9H2,1H3,(H,24,25)(H,20,21,22,23);1H/t11-,12+,13-,15-;/m0./s1. The van der Waals surface area contributed by atoms with Gasteiger partial charge in [0.25, 0.3) is 0 Å².